The lowest BCUT2D eigenvalue weighted by molar-refractivity contribution is -0.144. The van der Waals surface area contributed by atoms with Crippen molar-refractivity contribution in [2.75, 3.05) is 19.6 Å². The number of fused-ring (bicyclic) bond motifs is 1. The summed E-state index contributed by atoms with van der Waals surface area (Å²) in [5, 5.41) is 8.92. The molecule has 128 valence electrons. The van der Waals surface area contributed by atoms with E-state index in [9.17, 15) is 19.2 Å². The molecule has 1 aromatic rings. The van der Waals surface area contributed by atoms with Crippen molar-refractivity contribution in [3.05, 3.63) is 35.4 Å². The molecular weight excluding hydrogens is 312 g/mol. The van der Waals surface area contributed by atoms with Gasteiger partial charge in [0.1, 0.15) is 6.54 Å². The minimum Gasteiger partial charge on any atom is -0.480 e. The molecule has 0 unspecified atom stereocenters. The quantitative estimate of drug-likeness (QED) is 0.758. The number of amides is 3. The number of hydrogen-bond donors (Lipinski definition) is 1. The maximum absolute atomic E-state index is 12.3. The number of carbonyl (C=O) groups excluding carboxylic acids is 3. The highest BCUT2D eigenvalue weighted by molar-refractivity contribution is 6.21. The first kappa shape index (κ1) is 17.7. The van der Waals surface area contributed by atoms with Crippen LogP contribution in [0.5, 0.6) is 0 Å². The van der Waals surface area contributed by atoms with Crippen LogP contribution in [0.1, 0.15) is 41.0 Å². The monoisotopic (exact) mass is 332 g/mol. The molecule has 1 aliphatic heterocycles. The molecule has 0 radical (unpaired) electrons. The summed E-state index contributed by atoms with van der Waals surface area (Å²) in [6.07, 6.45) is -0.0918. The summed E-state index contributed by atoms with van der Waals surface area (Å²) in [6, 6.07) is 6.51. The van der Waals surface area contributed by atoms with Crippen LogP contribution in [0.15, 0.2) is 24.3 Å². The summed E-state index contributed by atoms with van der Waals surface area (Å²) in [6.45, 7) is 3.63. The van der Waals surface area contributed by atoms with Crippen LogP contribution in [0, 0.1) is 5.92 Å². The van der Waals surface area contributed by atoms with Gasteiger partial charge in [0.25, 0.3) is 11.8 Å². The third kappa shape index (κ3) is 3.79. The van der Waals surface area contributed by atoms with E-state index in [0.717, 1.165) is 4.90 Å². The maximum Gasteiger partial charge on any atom is 0.323 e. The Morgan fingerprint density at radius 2 is 1.67 bits per heavy atom. The second-order valence-corrected chi connectivity index (χ2v) is 6.12. The Morgan fingerprint density at radius 3 is 2.12 bits per heavy atom. The fourth-order valence-electron chi connectivity index (χ4n) is 2.67. The molecule has 0 bridgehead atoms. The Kier molecular flexibility index (Phi) is 5.33. The van der Waals surface area contributed by atoms with Gasteiger partial charge in [0.15, 0.2) is 0 Å². The fourth-order valence-corrected chi connectivity index (χ4v) is 2.67. The molecule has 7 heteroatoms. The van der Waals surface area contributed by atoms with Crippen LogP contribution >= 0.6 is 0 Å². The number of carboxylic acid groups (broad SMARTS) is 1. The highest BCUT2D eigenvalue weighted by Gasteiger charge is 2.35. The van der Waals surface area contributed by atoms with E-state index in [1.54, 1.807) is 24.3 Å². The molecule has 1 heterocycles. The minimum atomic E-state index is -1.09. The molecule has 2 rings (SSSR count). The molecule has 0 saturated carbocycles. The lowest BCUT2D eigenvalue weighted by Gasteiger charge is -2.23. The van der Waals surface area contributed by atoms with Crippen molar-refractivity contribution in [1.29, 1.82) is 0 Å². The van der Waals surface area contributed by atoms with E-state index in [0.29, 0.717) is 17.7 Å². The van der Waals surface area contributed by atoms with Crippen LogP contribution in [-0.4, -0.2) is 58.2 Å². The molecule has 0 aliphatic carbocycles. The standard InChI is InChI=1S/C17H20N2O5/c1-11(2)9-18(10-15(21)22)14(20)7-8-19-16(23)12-5-3-4-6-13(12)17(19)24/h3-6,11H,7-10H2,1-2H3,(H,21,22). The number of aliphatic carboxylic acids is 1. The second kappa shape index (κ2) is 7.25. The lowest BCUT2D eigenvalue weighted by Crippen LogP contribution is -2.40. The summed E-state index contributed by atoms with van der Waals surface area (Å²) in [5.74, 6) is -2.20. The van der Waals surface area contributed by atoms with E-state index in [1.165, 1.54) is 4.90 Å². The summed E-state index contributed by atoms with van der Waals surface area (Å²) in [4.78, 5) is 49.9. The van der Waals surface area contributed by atoms with Gasteiger partial charge in [0, 0.05) is 19.5 Å². The average molecular weight is 332 g/mol. The summed E-state index contributed by atoms with van der Waals surface area (Å²) < 4.78 is 0. The molecule has 0 spiro atoms. The van der Waals surface area contributed by atoms with Crippen molar-refractivity contribution < 1.29 is 24.3 Å². The number of imide groups is 1. The van der Waals surface area contributed by atoms with Crippen molar-refractivity contribution in [3.8, 4) is 0 Å². The summed E-state index contributed by atoms with van der Waals surface area (Å²) in [7, 11) is 0. The first-order chi connectivity index (χ1) is 11.3. The topological polar surface area (TPSA) is 95.0 Å². The number of carboxylic acids is 1. The SMILES string of the molecule is CC(C)CN(CC(=O)O)C(=O)CCN1C(=O)c2ccccc2C1=O. The minimum absolute atomic E-state index is 0.0562. The Hall–Kier alpha value is -2.70. The van der Waals surface area contributed by atoms with Crippen molar-refractivity contribution in [2.24, 2.45) is 5.92 Å². The van der Waals surface area contributed by atoms with Gasteiger partial charge in [-0.1, -0.05) is 26.0 Å². The van der Waals surface area contributed by atoms with Crippen molar-refractivity contribution in [1.82, 2.24) is 9.80 Å². The Labute approximate surface area is 139 Å². The van der Waals surface area contributed by atoms with Crippen molar-refractivity contribution >= 4 is 23.7 Å². The zero-order valence-corrected chi connectivity index (χ0v) is 13.7. The number of rotatable bonds is 7. The van der Waals surface area contributed by atoms with Gasteiger partial charge in [-0.25, -0.2) is 0 Å². The van der Waals surface area contributed by atoms with E-state index in [4.69, 9.17) is 5.11 Å². The molecule has 1 aromatic carbocycles. The van der Waals surface area contributed by atoms with Gasteiger partial charge in [0.05, 0.1) is 11.1 Å². The Morgan fingerprint density at radius 1 is 1.12 bits per heavy atom. The van der Waals surface area contributed by atoms with Gasteiger partial charge < -0.3 is 10.0 Å². The summed E-state index contributed by atoms with van der Waals surface area (Å²) in [5.41, 5.74) is 0.666. The van der Waals surface area contributed by atoms with Gasteiger partial charge in [-0.05, 0) is 18.1 Å². The smallest absolute Gasteiger partial charge is 0.323 e. The molecule has 0 saturated heterocycles. The molecule has 3 amide bonds. The zero-order valence-electron chi connectivity index (χ0n) is 13.7. The molecule has 1 N–H and O–H groups in total. The third-order valence-electron chi connectivity index (χ3n) is 3.69. The van der Waals surface area contributed by atoms with Gasteiger partial charge >= 0.3 is 5.97 Å². The molecule has 1 aliphatic rings. The fraction of sp³-hybridized carbons (Fsp3) is 0.412. The van der Waals surface area contributed by atoms with Gasteiger partial charge in [-0.3, -0.25) is 24.1 Å². The highest BCUT2D eigenvalue weighted by Crippen LogP contribution is 2.22. The third-order valence-corrected chi connectivity index (χ3v) is 3.69. The van der Waals surface area contributed by atoms with Crippen LogP contribution in [-0.2, 0) is 9.59 Å². The van der Waals surface area contributed by atoms with Crippen molar-refractivity contribution in [2.45, 2.75) is 20.3 Å². The van der Waals surface area contributed by atoms with Gasteiger partial charge in [0.2, 0.25) is 5.91 Å². The summed E-state index contributed by atoms with van der Waals surface area (Å²) >= 11 is 0. The number of hydrogen-bond acceptors (Lipinski definition) is 4. The average Bonchev–Trinajstić information content (AvgIpc) is 2.75. The number of benzene rings is 1. The van der Waals surface area contributed by atoms with Gasteiger partial charge in [-0.2, -0.15) is 0 Å². The van der Waals surface area contributed by atoms with E-state index < -0.39 is 17.8 Å². The second-order valence-electron chi connectivity index (χ2n) is 6.12. The van der Waals surface area contributed by atoms with Crippen LogP contribution in [0.4, 0.5) is 0 Å². The van der Waals surface area contributed by atoms with E-state index in [1.807, 2.05) is 13.8 Å². The Bertz CT molecular complexity index is 648. The molecule has 24 heavy (non-hydrogen) atoms. The molecule has 0 atom stereocenters. The normalized spacial score (nSPS) is 13.4. The van der Waals surface area contributed by atoms with Gasteiger partial charge in [-0.15, -0.1) is 0 Å². The predicted molar refractivity (Wildman–Crippen MR) is 85.5 cm³/mol. The van der Waals surface area contributed by atoms with Crippen molar-refractivity contribution in [3.63, 3.8) is 0 Å². The first-order valence-corrected chi connectivity index (χ1v) is 7.76. The maximum atomic E-state index is 12.3. The van der Waals surface area contributed by atoms with Crippen LogP contribution < -0.4 is 0 Å². The molecular formula is C17H20N2O5. The van der Waals surface area contributed by atoms with Crippen LogP contribution in [0.25, 0.3) is 0 Å². The van der Waals surface area contributed by atoms with E-state index in [-0.39, 0.29) is 31.3 Å². The number of nitrogens with zero attached hydrogens (tertiary/aromatic N) is 2. The van der Waals surface area contributed by atoms with Crippen LogP contribution in [0.2, 0.25) is 0 Å². The molecule has 7 nitrogen and oxygen atoms in total. The largest absolute Gasteiger partial charge is 0.480 e. The predicted octanol–water partition coefficient (Wildman–Crippen LogP) is 1.24. The van der Waals surface area contributed by atoms with Crippen LogP contribution in [0.3, 0.4) is 0 Å². The molecule has 0 fully saturated rings. The first-order valence-electron chi connectivity index (χ1n) is 7.76. The lowest BCUT2D eigenvalue weighted by atomic mass is 10.1. The molecule has 0 aromatic heterocycles. The zero-order chi connectivity index (χ0) is 17.9. The van der Waals surface area contributed by atoms with E-state index in [2.05, 4.69) is 0 Å². The number of carbonyl (C=O) groups is 4. The Balaban J connectivity index is 2.02. The highest BCUT2D eigenvalue weighted by atomic mass is 16.4. The van der Waals surface area contributed by atoms with E-state index >= 15 is 0 Å².